The van der Waals surface area contributed by atoms with E-state index in [1.807, 2.05) is 48.5 Å². The Balaban J connectivity index is 1.90. The van der Waals surface area contributed by atoms with Crippen LogP contribution in [0.2, 0.25) is 0 Å². The summed E-state index contributed by atoms with van der Waals surface area (Å²) in [5, 5.41) is 0. The molecule has 1 amide bonds. The molecule has 0 saturated heterocycles. The molecule has 0 aliphatic carbocycles. The molecule has 0 aliphatic rings. The fourth-order valence-electron chi connectivity index (χ4n) is 2.64. The molecule has 3 rings (SSSR count). The summed E-state index contributed by atoms with van der Waals surface area (Å²) in [4.78, 5) is 27.2. The van der Waals surface area contributed by atoms with Crippen LogP contribution in [0.3, 0.4) is 0 Å². The normalized spacial score (nSPS) is 10.2. The highest BCUT2D eigenvalue weighted by Gasteiger charge is 2.21. The van der Waals surface area contributed by atoms with Crippen molar-refractivity contribution in [3.05, 3.63) is 96.1 Å². The van der Waals surface area contributed by atoms with Gasteiger partial charge in [-0.25, -0.2) is 0 Å². The summed E-state index contributed by atoms with van der Waals surface area (Å²) in [6.07, 6.45) is 0. The second-order valence-electron chi connectivity index (χ2n) is 5.74. The van der Waals surface area contributed by atoms with Gasteiger partial charge in [0.2, 0.25) is 0 Å². The van der Waals surface area contributed by atoms with Crippen molar-refractivity contribution >= 4 is 17.4 Å². The lowest BCUT2D eigenvalue weighted by molar-refractivity contribution is 0.0937. The highest BCUT2D eigenvalue weighted by atomic mass is 16.5. The molecule has 3 aromatic rings. The van der Waals surface area contributed by atoms with Gasteiger partial charge in [-0.1, -0.05) is 48.5 Å². The van der Waals surface area contributed by atoms with E-state index in [-0.39, 0.29) is 18.2 Å². The molecule has 0 bridgehead atoms. The molecule has 0 N–H and O–H groups in total. The van der Waals surface area contributed by atoms with Gasteiger partial charge in [-0.3, -0.25) is 9.59 Å². The van der Waals surface area contributed by atoms with E-state index in [1.165, 1.54) is 4.90 Å². The summed E-state index contributed by atoms with van der Waals surface area (Å²) in [5.74, 6) is 0.327. The summed E-state index contributed by atoms with van der Waals surface area (Å²) in [5.41, 5.74) is 1.75. The van der Waals surface area contributed by atoms with Crippen molar-refractivity contribution in [1.29, 1.82) is 0 Å². The molecule has 0 fully saturated rings. The fraction of sp³-hybridized carbons (Fsp3) is 0.0909. The molecule has 3 aromatic carbocycles. The third-order valence-electron chi connectivity index (χ3n) is 4.05. The van der Waals surface area contributed by atoms with Gasteiger partial charge in [-0.05, 0) is 36.4 Å². The van der Waals surface area contributed by atoms with Crippen molar-refractivity contribution in [3.63, 3.8) is 0 Å². The Morgan fingerprint density at radius 3 is 1.92 bits per heavy atom. The molecule has 130 valence electrons. The smallest absolute Gasteiger partial charge is 0.258 e. The number of nitrogens with zero attached hydrogens (tertiary/aromatic N) is 1. The van der Waals surface area contributed by atoms with E-state index in [9.17, 15) is 9.59 Å². The standard InChI is InChI=1S/C22H19NO3/c1-26-20-14-12-18(13-15-20)22(25)23(19-10-6-3-7-11-19)16-21(24)17-8-4-2-5-9-17/h2-15H,16H2,1H3. The summed E-state index contributed by atoms with van der Waals surface area (Å²) >= 11 is 0. The first-order valence-corrected chi connectivity index (χ1v) is 8.28. The number of carbonyl (C=O) groups excluding carboxylic acids is 2. The highest BCUT2D eigenvalue weighted by Crippen LogP contribution is 2.19. The van der Waals surface area contributed by atoms with E-state index >= 15 is 0 Å². The fourth-order valence-corrected chi connectivity index (χ4v) is 2.64. The Kier molecular flexibility index (Phi) is 5.44. The van der Waals surface area contributed by atoms with Crippen LogP contribution in [0.15, 0.2) is 84.9 Å². The minimum Gasteiger partial charge on any atom is -0.497 e. The second-order valence-corrected chi connectivity index (χ2v) is 5.74. The first-order valence-electron chi connectivity index (χ1n) is 8.28. The molecule has 0 heterocycles. The lowest BCUT2D eigenvalue weighted by Crippen LogP contribution is -2.35. The van der Waals surface area contributed by atoms with Crippen LogP contribution >= 0.6 is 0 Å². The Labute approximate surface area is 152 Å². The number of Topliss-reactive ketones (excluding diaryl/α,β-unsaturated/α-hetero) is 1. The third kappa shape index (κ3) is 3.98. The molecule has 0 aromatic heterocycles. The Morgan fingerprint density at radius 2 is 1.35 bits per heavy atom. The van der Waals surface area contributed by atoms with E-state index in [2.05, 4.69) is 0 Å². The minimum atomic E-state index is -0.233. The second kappa shape index (κ2) is 8.12. The maximum atomic E-state index is 13.0. The van der Waals surface area contributed by atoms with E-state index in [0.717, 1.165) is 0 Å². The van der Waals surface area contributed by atoms with Gasteiger partial charge in [-0.2, -0.15) is 0 Å². The molecule has 4 nitrogen and oxygen atoms in total. The van der Waals surface area contributed by atoms with Gasteiger partial charge in [0, 0.05) is 16.8 Å². The van der Waals surface area contributed by atoms with Crippen LogP contribution < -0.4 is 9.64 Å². The summed E-state index contributed by atoms with van der Waals surface area (Å²) in [6, 6.07) is 25.0. The topological polar surface area (TPSA) is 46.6 Å². The van der Waals surface area contributed by atoms with Crippen molar-refractivity contribution in [2.24, 2.45) is 0 Å². The van der Waals surface area contributed by atoms with E-state index in [1.54, 1.807) is 43.5 Å². The van der Waals surface area contributed by atoms with Crippen molar-refractivity contribution in [2.75, 3.05) is 18.6 Å². The number of rotatable bonds is 6. The molecule has 0 aliphatic heterocycles. The Bertz CT molecular complexity index is 874. The lowest BCUT2D eigenvalue weighted by Gasteiger charge is -2.22. The van der Waals surface area contributed by atoms with Crippen LogP contribution in [0.4, 0.5) is 5.69 Å². The van der Waals surface area contributed by atoms with Crippen LogP contribution in [0.5, 0.6) is 5.75 Å². The summed E-state index contributed by atoms with van der Waals surface area (Å²) in [7, 11) is 1.58. The van der Waals surface area contributed by atoms with Crippen LogP contribution in [0.25, 0.3) is 0 Å². The average molecular weight is 345 g/mol. The predicted molar refractivity (Wildman–Crippen MR) is 102 cm³/mol. The first kappa shape index (κ1) is 17.4. The largest absolute Gasteiger partial charge is 0.497 e. The lowest BCUT2D eigenvalue weighted by atomic mass is 10.1. The number of methoxy groups -OCH3 is 1. The number of amides is 1. The number of carbonyl (C=O) groups is 2. The zero-order valence-corrected chi connectivity index (χ0v) is 14.5. The van der Waals surface area contributed by atoms with Gasteiger partial charge < -0.3 is 9.64 Å². The van der Waals surface area contributed by atoms with E-state index in [4.69, 9.17) is 4.74 Å². The van der Waals surface area contributed by atoms with Crippen molar-refractivity contribution in [3.8, 4) is 5.75 Å². The average Bonchev–Trinajstić information content (AvgIpc) is 2.72. The molecular formula is C22H19NO3. The van der Waals surface area contributed by atoms with Gasteiger partial charge in [0.1, 0.15) is 5.75 Å². The monoisotopic (exact) mass is 345 g/mol. The molecule has 0 unspecified atom stereocenters. The number of benzene rings is 3. The van der Waals surface area contributed by atoms with Crippen LogP contribution in [0, 0.1) is 0 Å². The van der Waals surface area contributed by atoms with Gasteiger partial charge in [0.15, 0.2) is 5.78 Å². The summed E-state index contributed by atoms with van der Waals surface area (Å²) in [6.45, 7) is -0.0289. The van der Waals surface area contributed by atoms with E-state index < -0.39 is 0 Å². The maximum Gasteiger partial charge on any atom is 0.258 e. The number of anilines is 1. The zero-order chi connectivity index (χ0) is 18.4. The Hall–Kier alpha value is -3.40. The van der Waals surface area contributed by atoms with Gasteiger partial charge in [0.25, 0.3) is 5.91 Å². The molecular weight excluding hydrogens is 326 g/mol. The van der Waals surface area contributed by atoms with Crippen LogP contribution in [0.1, 0.15) is 20.7 Å². The number of ether oxygens (including phenoxy) is 1. The number of hydrogen-bond acceptors (Lipinski definition) is 3. The number of para-hydroxylation sites is 1. The van der Waals surface area contributed by atoms with E-state index in [0.29, 0.717) is 22.6 Å². The third-order valence-corrected chi connectivity index (χ3v) is 4.05. The minimum absolute atomic E-state index is 0.0289. The Morgan fingerprint density at radius 1 is 0.769 bits per heavy atom. The molecule has 4 heteroatoms. The molecule has 0 saturated carbocycles. The quantitative estimate of drug-likeness (QED) is 0.628. The van der Waals surface area contributed by atoms with Gasteiger partial charge in [-0.15, -0.1) is 0 Å². The first-order chi connectivity index (χ1) is 12.7. The molecule has 0 atom stereocenters. The zero-order valence-electron chi connectivity index (χ0n) is 14.5. The maximum absolute atomic E-state index is 13.0. The van der Waals surface area contributed by atoms with Crippen molar-refractivity contribution < 1.29 is 14.3 Å². The van der Waals surface area contributed by atoms with Gasteiger partial charge >= 0.3 is 0 Å². The molecule has 0 spiro atoms. The van der Waals surface area contributed by atoms with Crippen molar-refractivity contribution in [1.82, 2.24) is 0 Å². The van der Waals surface area contributed by atoms with Crippen LogP contribution in [-0.4, -0.2) is 25.3 Å². The van der Waals surface area contributed by atoms with Gasteiger partial charge in [0.05, 0.1) is 13.7 Å². The van der Waals surface area contributed by atoms with Crippen LogP contribution in [-0.2, 0) is 0 Å². The summed E-state index contributed by atoms with van der Waals surface area (Å²) < 4.78 is 5.14. The highest BCUT2D eigenvalue weighted by molar-refractivity contribution is 6.11. The predicted octanol–water partition coefficient (Wildman–Crippen LogP) is 4.22. The SMILES string of the molecule is COc1ccc(C(=O)N(CC(=O)c2ccccc2)c2ccccc2)cc1. The number of ketones is 1. The number of hydrogen-bond donors (Lipinski definition) is 0. The van der Waals surface area contributed by atoms with Crippen molar-refractivity contribution in [2.45, 2.75) is 0 Å². The molecule has 0 radical (unpaired) electrons. The molecule has 26 heavy (non-hydrogen) atoms.